The fourth-order valence-corrected chi connectivity index (χ4v) is 0.869. The number of allylic oxidation sites excluding steroid dienone is 1. The molecule has 0 radical (unpaired) electrons. The first-order valence-electron chi connectivity index (χ1n) is 3.09. The second-order valence-electron chi connectivity index (χ2n) is 2.04. The highest BCUT2D eigenvalue weighted by Gasteiger charge is 2.03. The molecule has 1 saturated heterocycles. The fourth-order valence-electron chi connectivity index (χ4n) is 0.869. The maximum atomic E-state index is 8.25. The first-order chi connectivity index (χ1) is 4.43. The largest absolute Gasteiger partial charge is 0.381 e. The summed E-state index contributed by atoms with van der Waals surface area (Å²) >= 11 is 0. The minimum Gasteiger partial charge on any atom is -0.381 e. The van der Waals surface area contributed by atoms with E-state index in [1.807, 2.05) is 6.07 Å². The van der Waals surface area contributed by atoms with Crippen LogP contribution in [0, 0.1) is 11.3 Å². The van der Waals surface area contributed by atoms with Crippen molar-refractivity contribution < 1.29 is 4.74 Å². The van der Waals surface area contributed by atoms with Crippen LogP contribution in [0.1, 0.15) is 12.8 Å². The Labute approximate surface area is 54.7 Å². The molecular formula is C7H9NO. The Morgan fingerprint density at radius 3 is 2.67 bits per heavy atom. The molecule has 2 heteroatoms. The van der Waals surface area contributed by atoms with Crippen molar-refractivity contribution in [1.82, 2.24) is 0 Å². The van der Waals surface area contributed by atoms with E-state index in [9.17, 15) is 0 Å². The van der Waals surface area contributed by atoms with Crippen LogP contribution in [0.25, 0.3) is 0 Å². The highest BCUT2D eigenvalue weighted by molar-refractivity contribution is 5.14. The molecule has 0 unspecified atom stereocenters. The Kier molecular flexibility index (Phi) is 2.29. The molecule has 1 fully saturated rings. The number of ether oxygens (including phenoxy) is 1. The van der Waals surface area contributed by atoms with Crippen LogP contribution in [0.15, 0.2) is 11.6 Å². The molecule has 9 heavy (non-hydrogen) atoms. The van der Waals surface area contributed by atoms with Gasteiger partial charge in [0.25, 0.3) is 0 Å². The van der Waals surface area contributed by atoms with Crippen molar-refractivity contribution in [3.05, 3.63) is 11.6 Å². The Balaban J connectivity index is 2.42. The summed E-state index contributed by atoms with van der Waals surface area (Å²) < 4.78 is 5.10. The minimum absolute atomic E-state index is 0.785. The van der Waals surface area contributed by atoms with Gasteiger partial charge in [0.15, 0.2) is 0 Å². The minimum atomic E-state index is 0.785. The van der Waals surface area contributed by atoms with Crippen molar-refractivity contribution in [3.8, 4) is 6.07 Å². The Bertz CT molecular complexity index is 147. The summed E-state index contributed by atoms with van der Waals surface area (Å²) in [5.74, 6) is 0. The molecule has 0 aliphatic carbocycles. The molecule has 0 aromatic rings. The molecule has 0 bridgehead atoms. The smallest absolute Gasteiger partial charge is 0.0911 e. The summed E-state index contributed by atoms with van der Waals surface area (Å²) in [5.41, 5.74) is 1.23. The van der Waals surface area contributed by atoms with Crippen LogP contribution in [0.5, 0.6) is 0 Å². The number of rotatable bonds is 0. The monoisotopic (exact) mass is 123 g/mol. The van der Waals surface area contributed by atoms with E-state index in [0.29, 0.717) is 0 Å². The van der Waals surface area contributed by atoms with E-state index in [4.69, 9.17) is 10.00 Å². The summed E-state index contributed by atoms with van der Waals surface area (Å²) in [6.45, 7) is 1.57. The zero-order valence-electron chi connectivity index (χ0n) is 5.26. The summed E-state index contributed by atoms with van der Waals surface area (Å²) in [6, 6.07) is 2.02. The second kappa shape index (κ2) is 3.26. The van der Waals surface area contributed by atoms with Gasteiger partial charge in [-0.3, -0.25) is 0 Å². The topological polar surface area (TPSA) is 33.0 Å². The van der Waals surface area contributed by atoms with E-state index in [0.717, 1.165) is 26.1 Å². The highest BCUT2D eigenvalue weighted by atomic mass is 16.5. The Hall–Kier alpha value is -0.810. The Morgan fingerprint density at radius 2 is 2.11 bits per heavy atom. The van der Waals surface area contributed by atoms with E-state index < -0.39 is 0 Å². The predicted molar refractivity (Wildman–Crippen MR) is 33.7 cm³/mol. The van der Waals surface area contributed by atoms with Crippen molar-refractivity contribution in [2.75, 3.05) is 13.2 Å². The third-order valence-electron chi connectivity index (χ3n) is 1.40. The lowest BCUT2D eigenvalue weighted by Crippen LogP contribution is -2.06. The van der Waals surface area contributed by atoms with Crippen molar-refractivity contribution in [2.45, 2.75) is 12.8 Å². The standard InChI is InChI=1S/C7H9NO/c8-4-1-7-2-5-9-6-3-7/h1H,2-3,5-6H2. The van der Waals surface area contributed by atoms with Gasteiger partial charge in [0.2, 0.25) is 0 Å². The summed E-state index contributed by atoms with van der Waals surface area (Å²) in [6.07, 6.45) is 3.50. The molecule has 1 rings (SSSR count). The number of hydrogen-bond donors (Lipinski definition) is 0. The molecule has 1 aliphatic rings. The van der Waals surface area contributed by atoms with Crippen LogP contribution in [0.4, 0.5) is 0 Å². The van der Waals surface area contributed by atoms with E-state index in [-0.39, 0.29) is 0 Å². The van der Waals surface area contributed by atoms with Gasteiger partial charge in [-0.15, -0.1) is 0 Å². The summed E-state index contributed by atoms with van der Waals surface area (Å²) in [5, 5.41) is 8.25. The molecule has 0 N–H and O–H groups in total. The average Bonchev–Trinajstić information content (AvgIpc) is 1.91. The molecule has 0 saturated carbocycles. The van der Waals surface area contributed by atoms with Gasteiger partial charge in [-0.05, 0) is 12.8 Å². The third kappa shape index (κ3) is 1.87. The van der Waals surface area contributed by atoms with Crippen molar-refractivity contribution >= 4 is 0 Å². The van der Waals surface area contributed by atoms with Crippen molar-refractivity contribution in [2.24, 2.45) is 0 Å². The molecule has 0 amide bonds. The van der Waals surface area contributed by atoms with Crippen LogP contribution < -0.4 is 0 Å². The molecule has 0 spiro atoms. The lowest BCUT2D eigenvalue weighted by Gasteiger charge is -2.12. The molecule has 48 valence electrons. The number of nitrogens with zero attached hydrogens (tertiary/aromatic N) is 1. The first kappa shape index (κ1) is 6.31. The fraction of sp³-hybridized carbons (Fsp3) is 0.571. The average molecular weight is 123 g/mol. The van der Waals surface area contributed by atoms with E-state index in [1.54, 1.807) is 6.08 Å². The molecule has 0 aromatic heterocycles. The molecule has 0 atom stereocenters. The summed E-state index contributed by atoms with van der Waals surface area (Å²) in [7, 11) is 0. The van der Waals surface area contributed by atoms with Gasteiger partial charge in [0, 0.05) is 6.08 Å². The molecular weight excluding hydrogens is 114 g/mol. The lowest BCUT2D eigenvalue weighted by atomic mass is 10.1. The van der Waals surface area contributed by atoms with Gasteiger partial charge < -0.3 is 4.74 Å². The maximum Gasteiger partial charge on any atom is 0.0911 e. The first-order valence-corrected chi connectivity index (χ1v) is 3.09. The van der Waals surface area contributed by atoms with Crippen LogP contribution in [0.2, 0.25) is 0 Å². The van der Waals surface area contributed by atoms with E-state index >= 15 is 0 Å². The van der Waals surface area contributed by atoms with Crippen LogP contribution in [0.3, 0.4) is 0 Å². The quantitative estimate of drug-likeness (QED) is 0.454. The molecule has 0 aromatic carbocycles. The molecule has 2 nitrogen and oxygen atoms in total. The molecule has 1 aliphatic heterocycles. The van der Waals surface area contributed by atoms with E-state index in [2.05, 4.69) is 0 Å². The number of hydrogen-bond acceptors (Lipinski definition) is 2. The number of nitriles is 1. The zero-order valence-corrected chi connectivity index (χ0v) is 5.26. The van der Waals surface area contributed by atoms with Crippen LogP contribution in [-0.2, 0) is 4.74 Å². The van der Waals surface area contributed by atoms with Gasteiger partial charge in [-0.1, -0.05) is 5.57 Å². The predicted octanol–water partition coefficient (Wildman–Crippen LogP) is 1.25. The van der Waals surface area contributed by atoms with Crippen LogP contribution >= 0.6 is 0 Å². The Morgan fingerprint density at radius 1 is 1.44 bits per heavy atom. The third-order valence-corrected chi connectivity index (χ3v) is 1.40. The summed E-state index contributed by atoms with van der Waals surface area (Å²) in [4.78, 5) is 0. The van der Waals surface area contributed by atoms with Crippen LogP contribution in [-0.4, -0.2) is 13.2 Å². The lowest BCUT2D eigenvalue weighted by molar-refractivity contribution is 0.119. The van der Waals surface area contributed by atoms with Crippen molar-refractivity contribution in [3.63, 3.8) is 0 Å². The zero-order chi connectivity index (χ0) is 6.53. The van der Waals surface area contributed by atoms with Gasteiger partial charge in [0.1, 0.15) is 0 Å². The van der Waals surface area contributed by atoms with Crippen molar-refractivity contribution in [1.29, 1.82) is 5.26 Å². The second-order valence-corrected chi connectivity index (χ2v) is 2.04. The normalized spacial score (nSPS) is 18.8. The van der Waals surface area contributed by atoms with Gasteiger partial charge in [0.05, 0.1) is 19.3 Å². The van der Waals surface area contributed by atoms with Gasteiger partial charge >= 0.3 is 0 Å². The SMILES string of the molecule is N#CC=C1CCOCC1. The van der Waals surface area contributed by atoms with E-state index in [1.165, 1.54) is 5.57 Å². The van der Waals surface area contributed by atoms with Gasteiger partial charge in [-0.25, -0.2) is 0 Å². The maximum absolute atomic E-state index is 8.25. The highest BCUT2D eigenvalue weighted by Crippen LogP contribution is 2.11. The molecule has 1 heterocycles. The van der Waals surface area contributed by atoms with Gasteiger partial charge in [-0.2, -0.15) is 5.26 Å².